The highest BCUT2D eigenvalue weighted by Crippen LogP contribution is 2.27. The third-order valence-electron chi connectivity index (χ3n) is 2.79. The Morgan fingerprint density at radius 2 is 1.85 bits per heavy atom. The Labute approximate surface area is 128 Å². The molecule has 0 aliphatic rings. The minimum absolute atomic E-state index is 0.529. The molecule has 0 saturated carbocycles. The van der Waals surface area contributed by atoms with Crippen molar-refractivity contribution in [2.24, 2.45) is 0 Å². The zero-order valence-corrected chi connectivity index (χ0v) is 12.9. The van der Waals surface area contributed by atoms with E-state index in [2.05, 4.69) is 17.2 Å². The molecule has 5 heteroatoms. The van der Waals surface area contributed by atoms with Crippen LogP contribution in [0.25, 0.3) is 0 Å². The van der Waals surface area contributed by atoms with Crippen LogP contribution in [0.4, 0.5) is 0 Å². The van der Waals surface area contributed by atoms with Crippen molar-refractivity contribution < 1.29 is 4.74 Å². The van der Waals surface area contributed by atoms with E-state index in [-0.39, 0.29) is 0 Å². The van der Waals surface area contributed by atoms with E-state index in [1.165, 1.54) is 0 Å². The van der Waals surface area contributed by atoms with Crippen LogP contribution in [-0.4, -0.2) is 11.5 Å². The maximum absolute atomic E-state index is 5.94. The molecular weight excluding hydrogens is 295 g/mol. The fourth-order valence-corrected chi connectivity index (χ4v) is 2.28. The first-order valence-corrected chi connectivity index (χ1v) is 7.15. The molecule has 3 nitrogen and oxygen atoms in total. The number of benzene rings is 1. The Hall–Kier alpha value is -1.29. The van der Waals surface area contributed by atoms with Crippen LogP contribution in [-0.2, 0) is 6.54 Å². The molecule has 0 atom stereocenters. The van der Waals surface area contributed by atoms with Gasteiger partial charge in [-0.3, -0.25) is 0 Å². The molecule has 0 radical (unpaired) electrons. The van der Waals surface area contributed by atoms with E-state index in [0.717, 1.165) is 24.3 Å². The molecule has 0 spiro atoms. The van der Waals surface area contributed by atoms with E-state index >= 15 is 0 Å². The van der Waals surface area contributed by atoms with Gasteiger partial charge >= 0.3 is 0 Å². The molecule has 0 bridgehead atoms. The number of aryl methyl sites for hydroxylation is 1. The van der Waals surface area contributed by atoms with Gasteiger partial charge in [-0.2, -0.15) is 0 Å². The fraction of sp³-hybridized carbons (Fsp3) is 0.267. The lowest BCUT2D eigenvalue weighted by atomic mass is 10.2. The van der Waals surface area contributed by atoms with E-state index in [4.69, 9.17) is 27.9 Å². The summed E-state index contributed by atoms with van der Waals surface area (Å²) in [6.45, 7) is 5.77. The quantitative estimate of drug-likeness (QED) is 0.876. The predicted molar refractivity (Wildman–Crippen MR) is 82.9 cm³/mol. The van der Waals surface area contributed by atoms with Crippen molar-refractivity contribution in [1.29, 1.82) is 0 Å². The monoisotopic (exact) mass is 310 g/mol. The summed E-state index contributed by atoms with van der Waals surface area (Å²) in [4.78, 5) is 4.43. The average molecular weight is 311 g/mol. The highest BCUT2D eigenvalue weighted by atomic mass is 35.5. The molecule has 20 heavy (non-hydrogen) atoms. The molecule has 1 aromatic carbocycles. The summed E-state index contributed by atoms with van der Waals surface area (Å²) < 4.78 is 5.68. The van der Waals surface area contributed by atoms with Gasteiger partial charge in [-0.05, 0) is 37.2 Å². The Morgan fingerprint density at radius 3 is 2.45 bits per heavy atom. The Kier molecular flexibility index (Phi) is 5.24. The van der Waals surface area contributed by atoms with E-state index in [9.17, 15) is 0 Å². The van der Waals surface area contributed by atoms with Crippen molar-refractivity contribution >= 4 is 23.2 Å². The maximum atomic E-state index is 5.94. The van der Waals surface area contributed by atoms with Crippen molar-refractivity contribution in [3.8, 4) is 11.6 Å². The van der Waals surface area contributed by atoms with Gasteiger partial charge in [-0.1, -0.05) is 36.2 Å². The molecule has 106 valence electrons. The molecule has 0 unspecified atom stereocenters. The SMILES string of the molecule is CCNCc1ccc(Oc2cc(Cl)cc(Cl)c2)nc1C. The number of pyridine rings is 1. The molecule has 0 aliphatic heterocycles. The van der Waals surface area contributed by atoms with Crippen LogP contribution in [0, 0.1) is 6.92 Å². The molecule has 1 N–H and O–H groups in total. The van der Waals surface area contributed by atoms with E-state index in [1.807, 2.05) is 19.1 Å². The van der Waals surface area contributed by atoms with Crippen LogP contribution >= 0.6 is 23.2 Å². The zero-order chi connectivity index (χ0) is 14.5. The molecule has 1 aromatic heterocycles. The van der Waals surface area contributed by atoms with Gasteiger partial charge in [0.15, 0.2) is 0 Å². The van der Waals surface area contributed by atoms with Gasteiger partial charge in [0.25, 0.3) is 0 Å². The molecular formula is C15H16Cl2N2O. The van der Waals surface area contributed by atoms with E-state index in [0.29, 0.717) is 21.7 Å². The van der Waals surface area contributed by atoms with Crippen LogP contribution in [0.5, 0.6) is 11.6 Å². The average Bonchev–Trinajstić information content (AvgIpc) is 2.36. The third-order valence-corrected chi connectivity index (χ3v) is 3.23. The molecule has 0 fully saturated rings. The summed E-state index contributed by atoms with van der Waals surface area (Å²) in [6.07, 6.45) is 0. The number of hydrogen-bond acceptors (Lipinski definition) is 3. The van der Waals surface area contributed by atoms with Gasteiger partial charge in [0.1, 0.15) is 5.75 Å². The van der Waals surface area contributed by atoms with Crippen LogP contribution in [0.1, 0.15) is 18.2 Å². The van der Waals surface area contributed by atoms with Gasteiger partial charge in [-0.15, -0.1) is 0 Å². The van der Waals surface area contributed by atoms with Crippen LogP contribution in [0.3, 0.4) is 0 Å². The predicted octanol–water partition coefficient (Wildman–Crippen LogP) is 4.60. The first-order valence-electron chi connectivity index (χ1n) is 6.39. The van der Waals surface area contributed by atoms with Crippen LogP contribution < -0.4 is 10.1 Å². The molecule has 2 aromatic rings. The number of nitrogens with one attached hydrogen (secondary N) is 1. The first-order chi connectivity index (χ1) is 9.58. The first kappa shape index (κ1) is 15.1. The smallest absolute Gasteiger partial charge is 0.219 e. The van der Waals surface area contributed by atoms with Crippen LogP contribution in [0.15, 0.2) is 30.3 Å². The molecule has 0 saturated heterocycles. The number of rotatable bonds is 5. The lowest BCUT2D eigenvalue weighted by Crippen LogP contribution is -2.13. The fourth-order valence-electron chi connectivity index (χ4n) is 1.78. The lowest BCUT2D eigenvalue weighted by molar-refractivity contribution is 0.461. The lowest BCUT2D eigenvalue weighted by Gasteiger charge is -2.09. The summed E-state index contributed by atoms with van der Waals surface area (Å²) in [7, 11) is 0. The minimum atomic E-state index is 0.529. The minimum Gasteiger partial charge on any atom is -0.439 e. The summed E-state index contributed by atoms with van der Waals surface area (Å²) in [5, 5.41) is 4.34. The van der Waals surface area contributed by atoms with Gasteiger partial charge in [0.05, 0.1) is 0 Å². The molecule has 2 rings (SSSR count). The summed E-state index contributed by atoms with van der Waals surface area (Å²) in [5.74, 6) is 1.11. The Balaban J connectivity index is 2.15. The van der Waals surface area contributed by atoms with Crippen molar-refractivity contribution in [2.45, 2.75) is 20.4 Å². The molecule has 0 amide bonds. The topological polar surface area (TPSA) is 34.1 Å². The highest BCUT2D eigenvalue weighted by molar-refractivity contribution is 6.34. The van der Waals surface area contributed by atoms with Crippen molar-refractivity contribution in [3.63, 3.8) is 0 Å². The largest absolute Gasteiger partial charge is 0.439 e. The number of hydrogen-bond donors (Lipinski definition) is 1. The zero-order valence-electron chi connectivity index (χ0n) is 11.4. The normalized spacial score (nSPS) is 10.6. The van der Waals surface area contributed by atoms with Crippen molar-refractivity contribution in [2.75, 3.05) is 6.54 Å². The molecule has 0 aliphatic carbocycles. The highest BCUT2D eigenvalue weighted by Gasteiger charge is 2.05. The Morgan fingerprint density at radius 1 is 1.15 bits per heavy atom. The summed E-state index contributed by atoms with van der Waals surface area (Å²) in [6, 6.07) is 8.92. The van der Waals surface area contributed by atoms with Crippen molar-refractivity contribution in [1.82, 2.24) is 10.3 Å². The second kappa shape index (κ2) is 6.93. The van der Waals surface area contributed by atoms with E-state index < -0.39 is 0 Å². The number of nitrogens with zero attached hydrogens (tertiary/aromatic N) is 1. The number of ether oxygens (including phenoxy) is 1. The van der Waals surface area contributed by atoms with Crippen molar-refractivity contribution in [3.05, 3.63) is 51.6 Å². The number of halogens is 2. The van der Waals surface area contributed by atoms with Gasteiger partial charge in [0, 0.05) is 28.4 Å². The second-order valence-corrected chi connectivity index (χ2v) is 5.25. The maximum Gasteiger partial charge on any atom is 0.219 e. The number of aromatic nitrogens is 1. The van der Waals surface area contributed by atoms with Gasteiger partial charge in [0.2, 0.25) is 5.88 Å². The Bertz CT molecular complexity index is 582. The molecule has 1 heterocycles. The van der Waals surface area contributed by atoms with Crippen LogP contribution in [0.2, 0.25) is 10.0 Å². The van der Waals surface area contributed by atoms with Gasteiger partial charge < -0.3 is 10.1 Å². The van der Waals surface area contributed by atoms with Gasteiger partial charge in [-0.25, -0.2) is 4.98 Å². The third kappa shape index (κ3) is 4.10. The standard InChI is InChI=1S/C15H16Cl2N2O/c1-3-18-9-11-4-5-15(19-10(11)2)20-14-7-12(16)6-13(17)8-14/h4-8,18H,3,9H2,1-2H3. The summed E-state index contributed by atoms with van der Waals surface area (Å²) >= 11 is 11.9. The second-order valence-electron chi connectivity index (χ2n) is 4.38. The van der Waals surface area contributed by atoms with E-state index in [1.54, 1.807) is 18.2 Å². The summed E-state index contributed by atoms with van der Waals surface area (Å²) in [5.41, 5.74) is 2.10.